The van der Waals surface area contributed by atoms with Crippen molar-refractivity contribution in [2.45, 2.75) is 63.5 Å². The zero-order chi connectivity index (χ0) is 20.4. The molecule has 1 aromatic rings. The first kappa shape index (κ1) is 18.9. The number of para-hydroxylation sites is 1. The molecule has 1 spiro atoms. The predicted octanol–water partition coefficient (Wildman–Crippen LogP) is 3.05. The van der Waals surface area contributed by atoms with Crippen LogP contribution in [0, 0.1) is 11.3 Å². The number of ether oxygens (including phenoxy) is 1. The second-order valence-corrected chi connectivity index (χ2v) is 9.25. The van der Waals surface area contributed by atoms with E-state index in [-0.39, 0.29) is 34.7 Å². The molecule has 0 unspecified atom stereocenters. The Hall–Kier alpha value is -2.08. The SMILES string of the molecule is CC[C@@]12CCCN3CC[C@]4(c5ccccc5N(OC(C)=O)[C@@H]4[C@@H](C(=O)OC)C1)[C@H]32. The Morgan fingerprint density at radius 2 is 2.00 bits per heavy atom. The van der Waals surface area contributed by atoms with Crippen LogP contribution in [0.2, 0.25) is 0 Å². The summed E-state index contributed by atoms with van der Waals surface area (Å²) in [5.74, 6) is -0.859. The van der Waals surface area contributed by atoms with Crippen molar-refractivity contribution < 1.29 is 19.2 Å². The van der Waals surface area contributed by atoms with Crippen molar-refractivity contribution in [3.05, 3.63) is 29.8 Å². The second kappa shape index (κ2) is 6.46. The van der Waals surface area contributed by atoms with E-state index in [4.69, 9.17) is 9.57 Å². The molecule has 0 N–H and O–H groups in total. The van der Waals surface area contributed by atoms with Gasteiger partial charge in [-0.1, -0.05) is 25.1 Å². The number of carbonyl (C=O) groups excluding carboxylic acids is 2. The average Bonchev–Trinajstić information content (AvgIpc) is 3.25. The van der Waals surface area contributed by atoms with Gasteiger partial charge in [0, 0.05) is 18.4 Å². The second-order valence-electron chi connectivity index (χ2n) is 9.25. The van der Waals surface area contributed by atoms with Gasteiger partial charge in [-0.15, -0.1) is 0 Å². The zero-order valence-corrected chi connectivity index (χ0v) is 17.5. The van der Waals surface area contributed by atoms with Gasteiger partial charge in [-0.3, -0.25) is 14.5 Å². The van der Waals surface area contributed by atoms with Crippen molar-refractivity contribution in [2.24, 2.45) is 11.3 Å². The highest BCUT2D eigenvalue weighted by Crippen LogP contribution is 2.66. The third-order valence-corrected chi connectivity index (χ3v) is 8.23. The fraction of sp³-hybridized carbons (Fsp3) is 0.652. The van der Waals surface area contributed by atoms with E-state index in [9.17, 15) is 9.59 Å². The number of anilines is 1. The molecule has 4 aliphatic rings. The van der Waals surface area contributed by atoms with E-state index in [1.165, 1.54) is 26.0 Å². The smallest absolute Gasteiger partial charge is 0.329 e. The van der Waals surface area contributed by atoms with Gasteiger partial charge in [-0.2, -0.15) is 0 Å². The summed E-state index contributed by atoms with van der Waals surface area (Å²) < 4.78 is 5.30. The third-order valence-electron chi connectivity index (χ3n) is 8.23. The Labute approximate surface area is 172 Å². The molecular weight excluding hydrogens is 368 g/mol. The van der Waals surface area contributed by atoms with Gasteiger partial charge in [0.1, 0.15) is 0 Å². The van der Waals surface area contributed by atoms with Crippen LogP contribution in [0.15, 0.2) is 24.3 Å². The highest BCUT2D eigenvalue weighted by Gasteiger charge is 2.72. The van der Waals surface area contributed by atoms with Crippen LogP contribution in [0.4, 0.5) is 5.69 Å². The summed E-state index contributed by atoms with van der Waals surface area (Å²) in [6.07, 6.45) is 5.13. The topological polar surface area (TPSA) is 59.1 Å². The molecule has 0 aromatic heterocycles. The van der Waals surface area contributed by atoms with Crippen molar-refractivity contribution in [3.63, 3.8) is 0 Å². The molecule has 1 saturated carbocycles. The van der Waals surface area contributed by atoms with Gasteiger partial charge in [0.05, 0.1) is 24.8 Å². The lowest BCUT2D eigenvalue weighted by Crippen LogP contribution is -2.68. The minimum Gasteiger partial charge on any atom is -0.469 e. The van der Waals surface area contributed by atoms with Crippen molar-refractivity contribution >= 4 is 17.6 Å². The Morgan fingerprint density at radius 3 is 2.72 bits per heavy atom. The Morgan fingerprint density at radius 1 is 1.21 bits per heavy atom. The minimum atomic E-state index is -0.355. The van der Waals surface area contributed by atoms with E-state index in [0.717, 1.165) is 44.5 Å². The number of piperidine rings is 1. The third kappa shape index (κ3) is 2.32. The van der Waals surface area contributed by atoms with E-state index >= 15 is 0 Å². The van der Waals surface area contributed by atoms with Gasteiger partial charge < -0.3 is 9.57 Å². The summed E-state index contributed by atoms with van der Waals surface area (Å²) in [6, 6.07) is 8.41. The fourth-order valence-corrected chi connectivity index (χ4v) is 7.44. The lowest BCUT2D eigenvalue weighted by molar-refractivity contribution is -0.161. The summed E-state index contributed by atoms with van der Waals surface area (Å²) in [5, 5.41) is 1.76. The zero-order valence-electron chi connectivity index (χ0n) is 17.5. The number of nitrogens with zero attached hydrogens (tertiary/aromatic N) is 2. The van der Waals surface area contributed by atoms with Crippen LogP contribution in [0.1, 0.15) is 51.5 Å². The van der Waals surface area contributed by atoms with Crippen molar-refractivity contribution in [2.75, 3.05) is 25.3 Å². The van der Waals surface area contributed by atoms with Crippen LogP contribution < -0.4 is 5.06 Å². The molecule has 0 bridgehead atoms. The number of methoxy groups -OCH3 is 1. The van der Waals surface area contributed by atoms with Crippen LogP contribution in [-0.4, -0.2) is 49.1 Å². The van der Waals surface area contributed by atoms with Gasteiger partial charge in [-0.05, 0) is 62.2 Å². The van der Waals surface area contributed by atoms with Gasteiger partial charge >= 0.3 is 11.9 Å². The van der Waals surface area contributed by atoms with Gasteiger partial charge in [0.2, 0.25) is 0 Å². The monoisotopic (exact) mass is 398 g/mol. The summed E-state index contributed by atoms with van der Waals surface area (Å²) in [5.41, 5.74) is 2.02. The number of hydroxylamine groups is 1. The lowest BCUT2D eigenvalue weighted by atomic mass is 9.49. The normalized spacial score (nSPS) is 37.5. The molecule has 5 atom stereocenters. The van der Waals surface area contributed by atoms with Crippen LogP contribution in [-0.2, 0) is 24.6 Å². The number of esters is 1. The molecule has 2 saturated heterocycles. The molecule has 3 aliphatic heterocycles. The number of fused-ring (bicyclic) bond motifs is 1. The summed E-state index contributed by atoms with van der Waals surface area (Å²) in [4.78, 5) is 33.6. The standard InChI is InChI=1S/C23H30N2O4/c1-4-22-10-7-12-24-13-11-23(21(22)24)17-8-5-6-9-18(17)25(29-15(2)26)19(23)16(14-22)20(27)28-3/h5-6,8-9,16,19,21H,4,7,10-14H2,1-3H3/t16-,19+,21+,22+,23+/m0/s1. The first-order valence-corrected chi connectivity index (χ1v) is 10.9. The van der Waals surface area contributed by atoms with Crippen molar-refractivity contribution in [1.82, 2.24) is 4.90 Å². The van der Waals surface area contributed by atoms with Crippen molar-refractivity contribution in [3.8, 4) is 0 Å². The first-order valence-electron chi connectivity index (χ1n) is 10.9. The molecule has 156 valence electrons. The van der Waals surface area contributed by atoms with Crippen molar-refractivity contribution in [1.29, 1.82) is 0 Å². The Kier molecular flexibility index (Phi) is 4.21. The maximum Gasteiger partial charge on any atom is 0.329 e. The largest absolute Gasteiger partial charge is 0.469 e. The summed E-state index contributed by atoms with van der Waals surface area (Å²) >= 11 is 0. The molecule has 3 fully saturated rings. The van der Waals surface area contributed by atoms with E-state index < -0.39 is 0 Å². The van der Waals surface area contributed by atoms with E-state index in [2.05, 4.69) is 24.0 Å². The molecular formula is C23H30N2O4. The highest BCUT2D eigenvalue weighted by molar-refractivity contribution is 5.79. The lowest BCUT2D eigenvalue weighted by Gasteiger charge is -2.60. The number of hydrogen-bond acceptors (Lipinski definition) is 6. The molecule has 29 heavy (non-hydrogen) atoms. The summed E-state index contributed by atoms with van der Waals surface area (Å²) in [7, 11) is 1.47. The molecule has 1 aromatic carbocycles. The maximum absolute atomic E-state index is 13.1. The van der Waals surface area contributed by atoms with Gasteiger partial charge in [0.25, 0.3) is 0 Å². The fourth-order valence-electron chi connectivity index (χ4n) is 7.44. The molecule has 0 amide bonds. The van der Waals surface area contributed by atoms with Gasteiger partial charge in [0.15, 0.2) is 0 Å². The highest BCUT2D eigenvalue weighted by atomic mass is 16.7. The summed E-state index contributed by atoms with van der Waals surface area (Å²) in [6.45, 7) is 5.84. The van der Waals surface area contributed by atoms with E-state index in [1.807, 2.05) is 12.1 Å². The molecule has 6 heteroatoms. The molecule has 3 heterocycles. The van der Waals surface area contributed by atoms with E-state index in [0.29, 0.717) is 6.04 Å². The number of benzene rings is 1. The molecule has 0 radical (unpaired) electrons. The predicted molar refractivity (Wildman–Crippen MR) is 108 cm³/mol. The van der Waals surface area contributed by atoms with E-state index in [1.54, 1.807) is 5.06 Å². The van der Waals surface area contributed by atoms with Crippen LogP contribution in [0.5, 0.6) is 0 Å². The van der Waals surface area contributed by atoms with Crippen LogP contribution in [0.25, 0.3) is 0 Å². The Balaban J connectivity index is 1.76. The maximum atomic E-state index is 13.1. The quantitative estimate of drug-likeness (QED) is 0.730. The Bertz CT molecular complexity index is 857. The molecule has 5 rings (SSSR count). The number of carbonyl (C=O) groups is 2. The van der Waals surface area contributed by atoms with Gasteiger partial charge in [-0.25, -0.2) is 5.06 Å². The molecule has 1 aliphatic carbocycles. The average molecular weight is 399 g/mol. The van der Waals surface area contributed by atoms with Crippen LogP contribution in [0.3, 0.4) is 0 Å². The minimum absolute atomic E-state index is 0.0868. The van der Waals surface area contributed by atoms with Crippen LogP contribution >= 0.6 is 0 Å². The number of hydrogen-bond donors (Lipinski definition) is 0. The molecule has 6 nitrogen and oxygen atoms in total. The first-order chi connectivity index (χ1) is 14.0. The number of rotatable bonds is 3.